The Morgan fingerprint density at radius 1 is 1.16 bits per heavy atom. The second-order valence-corrected chi connectivity index (χ2v) is 9.52. The van der Waals surface area contributed by atoms with E-state index in [-0.39, 0.29) is 11.7 Å². The van der Waals surface area contributed by atoms with Crippen molar-refractivity contribution in [3.63, 3.8) is 0 Å². The normalized spacial score (nSPS) is 15.5. The quantitative estimate of drug-likeness (QED) is 0.611. The number of para-hydroxylation sites is 1. The van der Waals surface area contributed by atoms with E-state index in [4.69, 9.17) is 10.8 Å². The van der Waals surface area contributed by atoms with Crippen LogP contribution < -0.4 is 5.73 Å². The number of halogens is 1. The smallest absolute Gasteiger partial charge is 0.218 e. The van der Waals surface area contributed by atoms with Gasteiger partial charge in [0.25, 0.3) is 0 Å². The van der Waals surface area contributed by atoms with Crippen molar-refractivity contribution < 1.29 is 9.18 Å². The van der Waals surface area contributed by atoms with Crippen LogP contribution in [0, 0.1) is 19.7 Å². The van der Waals surface area contributed by atoms with E-state index < -0.39 is 0 Å². The Hall–Kier alpha value is -2.55. The van der Waals surface area contributed by atoms with Gasteiger partial charge in [0.1, 0.15) is 11.5 Å². The summed E-state index contributed by atoms with van der Waals surface area (Å²) in [5.41, 5.74) is 8.86. The van der Waals surface area contributed by atoms with Gasteiger partial charge in [0, 0.05) is 72.8 Å². The predicted octanol–water partition coefficient (Wildman–Crippen LogP) is 3.35. The first kappa shape index (κ1) is 21.7. The third kappa shape index (κ3) is 5.03. The minimum absolute atomic E-state index is 0.256. The molecule has 0 saturated carbocycles. The van der Waals surface area contributed by atoms with Gasteiger partial charge in [-0.15, -0.1) is 11.3 Å². The number of hydrogen-bond acceptors (Lipinski definition) is 5. The summed E-state index contributed by atoms with van der Waals surface area (Å²) >= 11 is 1.75. The highest BCUT2D eigenvalue weighted by Gasteiger charge is 2.22. The molecule has 0 atom stereocenters. The van der Waals surface area contributed by atoms with E-state index in [2.05, 4.69) is 29.7 Å². The molecule has 164 valence electrons. The van der Waals surface area contributed by atoms with Gasteiger partial charge in [0.2, 0.25) is 5.91 Å². The van der Waals surface area contributed by atoms with Crippen LogP contribution in [0.2, 0.25) is 0 Å². The molecule has 4 rings (SSSR count). The summed E-state index contributed by atoms with van der Waals surface area (Å²) in [6.07, 6.45) is 2.36. The average Bonchev–Trinajstić information content (AvgIpc) is 3.29. The standard InChI is InChI=1S/C23H28FN5OS/c1-16-13-19(17(2)31-16)23-18(15-29(26-23)21-6-4-3-5-20(21)24)14-28-11-9-27(10-12-28)8-7-22(25)30/h3-6,13,15H,7-12,14H2,1-2H3,(H2,25,30). The molecule has 1 amide bonds. The predicted molar refractivity (Wildman–Crippen MR) is 122 cm³/mol. The van der Waals surface area contributed by atoms with Gasteiger partial charge in [0.15, 0.2) is 0 Å². The molecule has 0 radical (unpaired) electrons. The highest BCUT2D eigenvalue weighted by atomic mass is 32.1. The van der Waals surface area contributed by atoms with E-state index >= 15 is 0 Å². The van der Waals surface area contributed by atoms with Gasteiger partial charge in [-0.05, 0) is 32.0 Å². The lowest BCUT2D eigenvalue weighted by atomic mass is 10.1. The molecule has 8 heteroatoms. The molecule has 0 spiro atoms. The number of primary amides is 1. The van der Waals surface area contributed by atoms with Gasteiger partial charge in [-0.1, -0.05) is 12.1 Å². The minimum Gasteiger partial charge on any atom is -0.370 e. The highest BCUT2D eigenvalue weighted by Crippen LogP contribution is 2.33. The van der Waals surface area contributed by atoms with Crippen molar-refractivity contribution in [2.45, 2.75) is 26.8 Å². The van der Waals surface area contributed by atoms with Gasteiger partial charge in [-0.3, -0.25) is 9.69 Å². The van der Waals surface area contributed by atoms with Crippen LogP contribution >= 0.6 is 11.3 Å². The van der Waals surface area contributed by atoms with Gasteiger partial charge < -0.3 is 10.6 Å². The number of aromatic nitrogens is 2. The molecule has 1 aromatic carbocycles. The van der Waals surface area contributed by atoms with Crippen LogP contribution in [0.3, 0.4) is 0 Å². The molecule has 0 aliphatic carbocycles. The van der Waals surface area contributed by atoms with Crippen LogP contribution in [0.4, 0.5) is 4.39 Å². The van der Waals surface area contributed by atoms with Crippen molar-refractivity contribution >= 4 is 17.2 Å². The van der Waals surface area contributed by atoms with Crippen molar-refractivity contribution in [1.29, 1.82) is 0 Å². The Labute approximate surface area is 186 Å². The number of piperazine rings is 1. The molecule has 6 nitrogen and oxygen atoms in total. The van der Waals surface area contributed by atoms with Crippen LogP contribution in [0.5, 0.6) is 0 Å². The van der Waals surface area contributed by atoms with Crippen molar-refractivity contribution in [3.8, 4) is 16.9 Å². The SMILES string of the molecule is Cc1cc(-c2nn(-c3ccccc3F)cc2CN2CCN(CCC(N)=O)CC2)c(C)s1. The monoisotopic (exact) mass is 441 g/mol. The summed E-state index contributed by atoms with van der Waals surface area (Å²) < 4.78 is 16.1. The first-order chi connectivity index (χ1) is 14.9. The molecule has 2 N–H and O–H groups in total. The molecule has 1 fully saturated rings. The summed E-state index contributed by atoms with van der Waals surface area (Å²) in [5.74, 6) is -0.543. The van der Waals surface area contributed by atoms with E-state index in [0.29, 0.717) is 18.7 Å². The molecule has 31 heavy (non-hydrogen) atoms. The number of aryl methyl sites for hydroxylation is 2. The maximum absolute atomic E-state index is 14.4. The van der Waals surface area contributed by atoms with Crippen LogP contribution in [-0.4, -0.2) is 58.2 Å². The van der Waals surface area contributed by atoms with Crippen LogP contribution in [0.1, 0.15) is 21.7 Å². The molecule has 1 aliphatic heterocycles. The lowest BCUT2D eigenvalue weighted by Crippen LogP contribution is -2.46. The fourth-order valence-electron chi connectivity index (χ4n) is 4.06. The van der Waals surface area contributed by atoms with E-state index in [1.54, 1.807) is 28.2 Å². The second-order valence-electron chi connectivity index (χ2n) is 8.06. The number of amides is 1. The maximum atomic E-state index is 14.4. The molecule has 3 aromatic rings. The summed E-state index contributed by atoms with van der Waals surface area (Å²) in [5, 5.41) is 4.81. The Kier molecular flexibility index (Phi) is 6.50. The topological polar surface area (TPSA) is 67.4 Å². The summed E-state index contributed by atoms with van der Waals surface area (Å²) in [6, 6.07) is 8.89. The Bertz CT molecular complexity index is 1070. The van der Waals surface area contributed by atoms with Crippen molar-refractivity contribution in [2.75, 3.05) is 32.7 Å². The molecular formula is C23H28FN5OS. The number of rotatable bonds is 7. The zero-order valence-corrected chi connectivity index (χ0v) is 18.8. The molecule has 1 aliphatic rings. The van der Waals surface area contributed by atoms with E-state index in [0.717, 1.165) is 49.5 Å². The first-order valence-corrected chi connectivity index (χ1v) is 11.4. The van der Waals surface area contributed by atoms with Crippen molar-refractivity contribution in [1.82, 2.24) is 19.6 Å². The number of nitrogens with zero attached hydrogens (tertiary/aromatic N) is 4. The second kappa shape index (κ2) is 9.30. The fourth-order valence-corrected chi connectivity index (χ4v) is 4.98. The van der Waals surface area contributed by atoms with Crippen LogP contribution in [0.25, 0.3) is 16.9 Å². The summed E-state index contributed by atoms with van der Waals surface area (Å²) in [6.45, 7) is 9.29. The largest absolute Gasteiger partial charge is 0.370 e. The molecule has 0 unspecified atom stereocenters. The zero-order valence-electron chi connectivity index (χ0n) is 18.0. The fraction of sp³-hybridized carbons (Fsp3) is 0.391. The Morgan fingerprint density at radius 2 is 1.87 bits per heavy atom. The van der Waals surface area contributed by atoms with Crippen molar-refractivity contribution in [2.24, 2.45) is 5.73 Å². The summed E-state index contributed by atoms with van der Waals surface area (Å²) in [4.78, 5) is 18.2. The van der Waals surface area contributed by atoms with Gasteiger partial charge in [-0.25, -0.2) is 9.07 Å². The van der Waals surface area contributed by atoms with Crippen LogP contribution in [0.15, 0.2) is 36.5 Å². The highest BCUT2D eigenvalue weighted by molar-refractivity contribution is 7.12. The van der Waals surface area contributed by atoms with Gasteiger partial charge in [0.05, 0.1) is 5.69 Å². The van der Waals surface area contributed by atoms with E-state index in [1.165, 1.54) is 15.8 Å². The Morgan fingerprint density at radius 3 is 2.52 bits per heavy atom. The average molecular weight is 442 g/mol. The molecular weight excluding hydrogens is 413 g/mol. The maximum Gasteiger partial charge on any atom is 0.218 e. The third-order valence-electron chi connectivity index (χ3n) is 5.72. The molecule has 3 heterocycles. The number of hydrogen-bond donors (Lipinski definition) is 1. The van der Waals surface area contributed by atoms with E-state index in [1.807, 2.05) is 12.3 Å². The lowest BCUT2D eigenvalue weighted by molar-refractivity contribution is -0.118. The third-order valence-corrected chi connectivity index (χ3v) is 6.68. The minimum atomic E-state index is -0.288. The summed E-state index contributed by atoms with van der Waals surface area (Å²) in [7, 11) is 0. The first-order valence-electron chi connectivity index (χ1n) is 10.5. The molecule has 2 aromatic heterocycles. The number of carbonyl (C=O) groups is 1. The van der Waals surface area contributed by atoms with Gasteiger partial charge >= 0.3 is 0 Å². The Balaban J connectivity index is 1.57. The zero-order chi connectivity index (χ0) is 22.0. The lowest BCUT2D eigenvalue weighted by Gasteiger charge is -2.34. The molecule has 1 saturated heterocycles. The number of thiophene rings is 1. The molecule has 0 bridgehead atoms. The number of benzene rings is 1. The van der Waals surface area contributed by atoms with E-state index in [9.17, 15) is 9.18 Å². The van der Waals surface area contributed by atoms with Crippen molar-refractivity contribution in [3.05, 3.63) is 57.7 Å². The number of nitrogens with two attached hydrogens (primary N) is 1. The van der Waals surface area contributed by atoms with Gasteiger partial charge in [-0.2, -0.15) is 5.10 Å². The van der Waals surface area contributed by atoms with Crippen LogP contribution in [-0.2, 0) is 11.3 Å². The number of carbonyl (C=O) groups excluding carboxylic acids is 1.